The molecule has 4 heteroatoms. The van der Waals surface area contributed by atoms with Gasteiger partial charge in [-0.15, -0.1) is 11.3 Å². The number of hydrogen-bond acceptors (Lipinski definition) is 3. The minimum atomic E-state index is 0.862. The van der Waals surface area contributed by atoms with E-state index in [0.29, 0.717) is 0 Å². The molecule has 3 nitrogen and oxygen atoms in total. The predicted molar refractivity (Wildman–Crippen MR) is 64.2 cm³/mol. The largest absolute Gasteiger partial charge is 0.364 e. The van der Waals surface area contributed by atoms with E-state index in [4.69, 9.17) is 0 Å². The molecule has 0 saturated heterocycles. The molecule has 0 radical (unpaired) electrons. The van der Waals surface area contributed by atoms with Crippen molar-refractivity contribution >= 4 is 17.2 Å². The van der Waals surface area contributed by atoms with Gasteiger partial charge in [-0.1, -0.05) is 13.0 Å². The van der Waals surface area contributed by atoms with E-state index in [9.17, 15) is 0 Å². The molecule has 0 aliphatic heterocycles. The highest BCUT2D eigenvalue weighted by atomic mass is 32.1. The van der Waals surface area contributed by atoms with E-state index < -0.39 is 0 Å². The van der Waals surface area contributed by atoms with E-state index in [1.165, 1.54) is 4.88 Å². The van der Waals surface area contributed by atoms with Crippen molar-refractivity contribution in [3.63, 3.8) is 0 Å². The fourth-order valence-corrected chi connectivity index (χ4v) is 2.05. The van der Waals surface area contributed by atoms with Crippen LogP contribution in [0.25, 0.3) is 0 Å². The summed E-state index contributed by atoms with van der Waals surface area (Å²) in [6, 6.07) is 6.21. The van der Waals surface area contributed by atoms with E-state index in [2.05, 4.69) is 34.9 Å². The van der Waals surface area contributed by atoms with Crippen molar-refractivity contribution in [3.8, 4) is 0 Å². The molecular formula is C11H15N3S. The molecule has 0 aromatic carbocycles. The minimum absolute atomic E-state index is 0.862. The van der Waals surface area contributed by atoms with Crippen LogP contribution in [0.5, 0.6) is 0 Å². The van der Waals surface area contributed by atoms with Crippen molar-refractivity contribution in [1.82, 2.24) is 9.78 Å². The molecule has 0 spiro atoms. The number of aromatic nitrogens is 2. The second kappa shape index (κ2) is 4.98. The van der Waals surface area contributed by atoms with Gasteiger partial charge < -0.3 is 5.32 Å². The number of aryl methyl sites for hydroxylation is 1. The molecule has 0 bridgehead atoms. The maximum atomic E-state index is 4.41. The zero-order valence-corrected chi connectivity index (χ0v) is 9.63. The first-order valence-electron chi connectivity index (χ1n) is 5.18. The van der Waals surface area contributed by atoms with Gasteiger partial charge in [-0.2, -0.15) is 5.10 Å². The van der Waals surface area contributed by atoms with E-state index in [1.807, 2.05) is 16.9 Å². The molecule has 0 aliphatic carbocycles. The van der Waals surface area contributed by atoms with E-state index >= 15 is 0 Å². The average Bonchev–Trinajstić information content (AvgIpc) is 2.85. The first kappa shape index (κ1) is 10.2. The van der Waals surface area contributed by atoms with Crippen molar-refractivity contribution in [2.45, 2.75) is 26.4 Å². The van der Waals surface area contributed by atoms with E-state index in [0.717, 1.165) is 25.3 Å². The average molecular weight is 221 g/mol. The third-order valence-electron chi connectivity index (χ3n) is 2.12. The highest BCUT2D eigenvalue weighted by molar-refractivity contribution is 7.09. The molecule has 0 atom stereocenters. The Morgan fingerprint density at radius 1 is 1.47 bits per heavy atom. The number of anilines is 1. The van der Waals surface area contributed by atoms with Gasteiger partial charge in [0.05, 0.1) is 6.54 Å². The Balaban J connectivity index is 1.88. The van der Waals surface area contributed by atoms with Crippen LogP contribution < -0.4 is 5.32 Å². The molecule has 0 unspecified atom stereocenters. The van der Waals surface area contributed by atoms with Crippen LogP contribution in [0.15, 0.2) is 29.8 Å². The van der Waals surface area contributed by atoms with Gasteiger partial charge in [-0.25, -0.2) is 0 Å². The fourth-order valence-electron chi connectivity index (χ4n) is 1.40. The number of rotatable bonds is 5. The quantitative estimate of drug-likeness (QED) is 0.841. The molecule has 0 aliphatic rings. The lowest BCUT2D eigenvalue weighted by molar-refractivity contribution is 0.604. The van der Waals surface area contributed by atoms with Gasteiger partial charge in [0.1, 0.15) is 5.82 Å². The summed E-state index contributed by atoms with van der Waals surface area (Å²) in [5, 5.41) is 9.80. The first-order valence-corrected chi connectivity index (χ1v) is 6.06. The van der Waals surface area contributed by atoms with Crippen LogP contribution in [0.4, 0.5) is 5.82 Å². The Hall–Kier alpha value is -1.29. The maximum Gasteiger partial charge on any atom is 0.148 e. The Bertz CT molecular complexity index is 392. The summed E-state index contributed by atoms with van der Waals surface area (Å²) in [7, 11) is 0. The summed E-state index contributed by atoms with van der Waals surface area (Å²) in [4.78, 5) is 1.33. The Morgan fingerprint density at radius 3 is 3.13 bits per heavy atom. The summed E-state index contributed by atoms with van der Waals surface area (Å²) in [6.45, 7) is 4.00. The lowest BCUT2D eigenvalue weighted by Gasteiger charge is -2.00. The second-order valence-corrected chi connectivity index (χ2v) is 4.43. The maximum absolute atomic E-state index is 4.41. The zero-order valence-electron chi connectivity index (χ0n) is 8.81. The van der Waals surface area contributed by atoms with Crippen LogP contribution in [-0.2, 0) is 13.1 Å². The van der Waals surface area contributed by atoms with E-state index in [1.54, 1.807) is 11.3 Å². The first-order chi connectivity index (χ1) is 7.38. The van der Waals surface area contributed by atoms with Crippen LogP contribution in [-0.4, -0.2) is 9.78 Å². The van der Waals surface area contributed by atoms with Crippen LogP contribution in [0.2, 0.25) is 0 Å². The molecule has 2 rings (SSSR count). The summed E-state index contributed by atoms with van der Waals surface area (Å²) in [5.74, 6) is 0.955. The lowest BCUT2D eigenvalue weighted by atomic mass is 10.4. The minimum Gasteiger partial charge on any atom is -0.364 e. The van der Waals surface area contributed by atoms with Crippen LogP contribution in [0, 0.1) is 0 Å². The molecule has 1 N–H and O–H groups in total. The summed E-state index contributed by atoms with van der Waals surface area (Å²) in [6.07, 6.45) is 3.13. The fraction of sp³-hybridized carbons (Fsp3) is 0.364. The van der Waals surface area contributed by atoms with Gasteiger partial charge in [0.15, 0.2) is 0 Å². The molecule has 0 saturated carbocycles. The van der Waals surface area contributed by atoms with Crippen LogP contribution >= 0.6 is 11.3 Å². The second-order valence-electron chi connectivity index (χ2n) is 3.40. The standard InChI is InChI=1S/C11H15N3S/c1-2-6-14-7-5-11(13-14)12-9-10-4-3-8-15-10/h3-5,7-8H,2,6,9H2,1H3,(H,12,13). The van der Waals surface area contributed by atoms with Crippen molar-refractivity contribution < 1.29 is 0 Å². The Morgan fingerprint density at radius 2 is 2.40 bits per heavy atom. The summed E-state index contributed by atoms with van der Waals surface area (Å²) < 4.78 is 1.97. The van der Waals surface area contributed by atoms with Crippen molar-refractivity contribution in [1.29, 1.82) is 0 Å². The molecule has 2 aromatic heterocycles. The molecule has 2 aromatic rings. The van der Waals surface area contributed by atoms with Gasteiger partial charge >= 0.3 is 0 Å². The van der Waals surface area contributed by atoms with Crippen molar-refractivity contribution in [2.24, 2.45) is 0 Å². The predicted octanol–water partition coefficient (Wildman–Crippen LogP) is 2.97. The third-order valence-corrected chi connectivity index (χ3v) is 2.99. The van der Waals surface area contributed by atoms with Crippen molar-refractivity contribution in [2.75, 3.05) is 5.32 Å². The Labute approximate surface area is 93.7 Å². The molecule has 0 amide bonds. The molecule has 0 fully saturated rings. The van der Waals surface area contributed by atoms with Gasteiger partial charge in [0.25, 0.3) is 0 Å². The van der Waals surface area contributed by atoms with Gasteiger partial charge in [-0.05, 0) is 17.9 Å². The SMILES string of the molecule is CCCn1ccc(NCc2cccs2)n1. The van der Waals surface area contributed by atoms with Crippen molar-refractivity contribution in [3.05, 3.63) is 34.7 Å². The summed E-state index contributed by atoms with van der Waals surface area (Å²) in [5.41, 5.74) is 0. The smallest absolute Gasteiger partial charge is 0.148 e. The van der Waals surface area contributed by atoms with Crippen LogP contribution in [0.1, 0.15) is 18.2 Å². The number of nitrogens with one attached hydrogen (secondary N) is 1. The third kappa shape index (κ3) is 2.83. The number of thiophene rings is 1. The number of nitrogens with zero attached hydrogens (tertiary/aromatic N) is 2. The molecule has 15 heavy (non-hydrogen) atoms. The normalized spacial score (nSPS) is 10.5. The lowest BCUT2D eigenvalue weighted by Crippen LogP contribution is -2.01. The molecule has 2 heterocycles. The highest BCUT2D eigenvalue weighted by Gasteiger charge is 1.98. The van der Waals surface area contributed by atoms with E-state index in [-0.39, 0.29) is 0 Å². The topological polar surface area (TPSA) is 29.9 Å². The van der Waals surface area contributed by atoms with Gasteiger partial charge in [0, 0.05) is 23.7 Å². The van der Waals surface area contributed by atoms with Gasteiger partial charge in [0.2, 0.25) is 0 Å². The summed E-state index contributed by atoms with van der Waals surface area (Å²) >= 11 is 1.76. The monoisotopic (exact) mass is 221 g/mol. The molecular weight excluding hydrogens is 206 g/mol. The van der Waals surface area contributed by atoms with Crippen LogP contribution in [0.3, 0.4) is 0 Å². The highest BCUT2D eigenvalue weighted by Crippen LogP contribution is 2.11. The molecule has 80 valence electrons. The Kier molecular flexibility index (Phi) is 3.40. The van der Waals surface area contributed by atoms with Gasteiger partial charge in [-0.3, -0.25) is 4.68 Å². The number of hydrogen-bond donors (Lipinski definition) is 1. The zero-order chi connectivity index (χ0) is 10.5.